The van der Waals surface area contributed by atoms with Gasteiger partial charge < -0.3 is 15.6 Å². The summed E-state index contributed by atoms with van der Waals surface area (Å²) in [7, 11) is 1.15. The second kappa shape index (κ2) is 5.36. The monoisotopic (exact) mass is 263 g/mol. The standard InChI is InChI=1S/C11H12F3NO3/c1-18-10(17)7-4-2-3-6(5-7)8(15)9(16)11(12,13)14/h2-5,8-9,16H,15H2,1H3/t8-,9-/m0/s1. The van der Waals surface area contributed by atoms with Crippen LogP contribution in [-0.2, 0) is 4.74 Å². The van der Waals surface area contributed by atoms with E-state index in [1.54, 1.807) is 0 Å². The van der Waals surface area contributed by atoms with Crippen LogP contribution in [-0.4, -0.2) is 30.5 Å². The van der Waals surface area contributed by atoms with Gasteiger partial charge in [0.2, 0.25) is 0 Å². The van der Waals surface area contributed by atoms with Gasteiger partial charge >= 0.3 is 12.1 Å². The van der Waals surface area contributed by atoms with Crippen LogP contribution >= 0.6 is 0 Å². The molecule has 4 nitrogen and oxygen atoms in total. The zero-order valence-corrected chi connectivity index (χ0v) is 9.44. The van der Waals surface area contributed by atoms with Crippen LogP contribution in [0.5, 0.6) is 0 Å². The third-order valence-corrected chi connectivity index (χ3v) is 2.37. The normalized spacial score (nSPS) is 15.0. The van der Waals surface area contributed by atoms with Crippen LogP contribution < -0.4 is 5.73 Å². The van der Waals surface area contributed by atoms with Gasteiger partial charge in [-0.25, -0.2) is 4.79 Å². The van der Waals surface area contributed by atoms with E-state index in [4.69, 9.17) is 10.8 Å². The van der Waals surface area contributed by atoms with E-state index in [1.807, 2.05) is 0 Å². The number of aliphatic hydroxyl groups excluding tert-OH is 1. The number of hydrogen-bond donors (Lipinski definition) is 2. The number of esters is 1. The van der Waals surface area contributed by atoms with Gasteiger partial charge in [-0.1, -0.05) is 12.1 Å². The number of ether oxygens (including phenoxy) is 1. The van der Waals surface area contributed by atoms with Crippen LogP contribution in [0.25, 0.3) is 0 Å². The number of rotatable bonds is 3. The first-order valence-corrected chi connectivity index (χ1v) is 4.96. The molecular formula is C11H12F3NO3. The average molecular weight is 263 g/mol. The first-order valence-electron chi connectivity index (χ1n) is 4.96. The minimum absolute atomic E-state index is 0.00252. The molecule has 1 aromatic rings. The lowest BCUT2D eigenvalue weighted by atomic mass is 10.00. The third kappa shape index (κ3) is 3.21. The molecule has 0 bridgehead atoms. The second-order valence-electron chi connectivity index (χ2n) is 3.63. The molecule has 0 saturated heterocycles. The highest BCUT2D eigenvalue weighted by atomic mass is 19.4. The smallest absolute Gasteiger partial charge is 0.416 e. The fraction of sp³-hybridized carbons (Fsp3) is 0.364. The molecule has 0 aliphatic rings. The van der Waals surface area contributed by atoms with Crippen LogP contribution in [0.15, 0.2) is 24.3 Å². The molecule has 0 spiro atoms. The van der Waals surface area contributed by atoms with Gasteiger partial charge in [-0.15, -0.1) is 0 Å². The molecule has 3 N–H and O–H groups in total. The molecule has 0 aromatic heterocycles. The number of alkyl halides is 3. The van der Waals surface area contributed by atoms with E-state index in [1.165, 1.54) is 18.2 Å². The molecule has 0 aliphatic carbocycles. The summed E-state index contributed by atoms with van der Waals surface area (Å²) < 4.78 is 41.3. The molecule has 0 unspecified atom stereocenters. The predicted octanol–water partition coefficient (Wildman–Crippen LogP) is 1.40. The molecular weight excluding hydrogens is 251 g/mol. The summed E-state index contributed by atoms with van der Waals surface area (Å²) in [5, 5.41) is 9.03. The Morgan fingerprint density at radius 1 is 1.44 bits per heavy atom. The Labute approximate surface area is 101 Å². The molecule has 0 saturated carbocycles. The Kier molecular flexibility index (Phi) is 4.31. The molecule has 0 fully saturated rings. The maximum absolute atomic E-state index is 12.3. The van der Waals surface area contributed by atoms with Crippen LogP contribution in [0.4, 0.5) is 13.2 Å². The SMILES string of the molecule is COC(=O)c1cccc([C@H](N)[C@H](O)C(F)(F)F)c1. The van der Waals surface area contributed by atoms with Gasteiger partial charge in [0.25, 0.3) is 0 Å². The van der Waals surface area contributed by atoms with E-state index in [-0.39, 0.29) is 11.1 Å². The minimum atomic E-state index is -4.82. The highest BCUT2D eigenvalue weighted by molar-refractivity contribution is 5.89. The Bertz CT molecular complexity index is 434. The summed E-state index contributed by atoms with van der Waals surface area (Å²) >= 11 is 0. The lowest BCUT2D eigenvalue weighted by Crippen LogP contribution is -2.38. The summed E-state index contributed by atoms with van der Waals surface area (Å²) in [6.45, 7) is 0. The molecule has 0 radical (unpaired) electrons. The molecule has 100 valence electrons. The Morgan fingerprint density at radius 3 is 2.56 bits per heavy atom. The number of halogens is 3. The summed E-state index contributed by atoms with van der Waals surface area (Å²) in [6, 6.07) is 3.54. The van der Waals surface area contributed by atoms with Gasteiger partial charge in [-0.05, 0) is 17.7 Å². The number of aliphatic hydroxyl groups is 1. The van der Waals surface area contributed by atoms with Gasteiger partial charge in [0.15, 0.2) is 6.10 Å². The first-order chi connectivity index (χ1) is 8.27. The van der Waals surface area contributed by atoms with E-state index >= 15 is 0 Å². The molecule has 2 atom stereocenters. The van der Waals surface area contributed by atoms with Crippen molar-refractivity contribution in [3.8, 4) is 0 Å². The average Bonchev–Trinajstić information content (AvgIpc) is 2.35. The quantitative estimate of drug-likeness (QED) is 0.808. The van der Waals surface area contributed by atoms with E-state index < -0.39 is 24.3 Å². The molecule has 0 heterocycles. The highest BCUT2D eigenvalue weighted by Gasteiger charge is 2.42. The van der Waals surface area contributed by atoms with E-state index in [0.717, 1.165) is 13.2 Å². The van der Waals surface area contributed by atoms with Crippen LogP contribution in [0.1, 0.15) is 22.0 Å². The Hall–Kier alpha value is -1.60. The second-order valence-corrected chi connectivity index (χ2v) is 3.63. The summed E-state index contributed by atoms with van der Waals surface area (Å²) in [6.07, 6.45) is -7.51. The number of carbonyl (C=O) groups excluding carboxylic acids is 1. The number of methoxy groups -OCH3 is 1. The first kappa shape index (κ1) is 14.5. The third-order valence-electron chi connectivity index (χ3n) is 2.37. The summed E-state index contributed by atoms with van der Waals surface area (Å²) in [5.41, 5.74) is 5.38. The largest absolute Gasteiger partial charge is 0.465 e. The fourth-order valence-corrected chi connectivity index (χ4v) is 1.38. The van der Waals surface area contributed by atoms with Gasteiger partial charge in [-0.3, -0.25) is 0 Å². The van der Waals surface area contributed by atoms with Crippen LogP contribution in [0.2, 0.25) is 0 Å². The van der Waals surface area contributed by atoms with Crippen molar-refractivity contribution >= 4 is 5.97 Å². The maximum atomic E-state index is 12.3. The highest BCUT2D eigenvalue weighted by Crippen LogP contribution is 2.28. The Balaban J connectivity index is 3.00. The van der Waals surface area contributed by atoms with Crippen LogP contribution in [0.3, 0.4) is 0 Å². The topological polar surface area (TPSA) is 72.5 Å². The number of carbonyl (C=O) groups is 1. The zero-order valence-electron chi connectivity index (χ0n) is 9.44. The van der Waals surface area contributed by atoms with Crippen molar-refractivity contribution in [2.24, 2.45) is 5.73 Å². The number of hydrogen-bond acceptors (Lipinski definition) is 4. The van der Waals surface area contributed by atoms with Crippen LogP contribution in [0, 0.1) is 0 Å². The summed E-state index contributed by atoms with van der Waals surface area (Å²) in [5.74, 6) is -0.689. The zero-order chi connectivity index (χ0) is 13.9. The predicted molar refractivity (Wildman–Crippen MR) is 56.8 cm³/mol. The van der Waals surface area contributed by atoms with Crippen molar-refractivity contribution in [1.29, 1.82) is 0 Å². The lowest BCUT2D eigenvalue weighted by Gasteiger charge is -2.21. The minimum Gasteiger partial charge on any atom is -0.465 e. The molecule has 18 heavy (non-hydrogen) atoms. The number of nitrogens with two attached hydrogens (primary N) is 1. The number of benzene rings is 1. The molecule has 1 aromatic carbocycles. The molecule has 1 rings (SSSR count). The molecule has 0 aliphatic heterocycles. The van der Waals surface area contributed by atoms with Crippen molar-refractivity contribution in [3.63, 3.8) is 0 Å². The van der Waals surface area contributed by atoms with Gasteiger partial charge in [0, 0.05) is 0 Å². The van der Waals surface area contributed by atoms with Gasteiger partial charge in [0.1, 0.15) is 0 Å². The Morgan fingerprint density at radius 2 is 2.06 bits per heavy atom. The van der Waals surface area contributed by atoms with E-state index in [2.05, 4.69) is 4.74 Å². The van der Waals surface area contributed by atoms with Crippen molar-refractivity contribution in [2.45, 2.75) is 18.3 Å². The summed E-state index contributed by atoms with van der Waals surface area (Å²) in [4.78, 5) is 11.2. The maximum Gasteiger partial charge on any atom is 0.416 e. The van der Waals surface area contributed by atoms with E-state index in [0.29, 0.717) is 0 Å². The molecule has 7 heteroatoms. The van der Waals surface area contributed by atoms with E-state index in [9.17, 15) is 18.0 Å². The lowest BCUT2D eigenvalue weighted by molar-refractivity contribution is -0.210. The van der Waals surface area contributed by atoms with Gasteiger partial charge in [0.05, 0.1) is 18.7 Å². The van der Waals surface area contributed by atoms with Crippen molar-refractivity contribution in [3.05, 3.63) is 35.4 Å². The molecule has 0 amide bonds. The van der Waals surface area contributed by atoms with Crippen molar-refractivity contribution < 1.29 is 27.8 Å². The fourth-order valence-electron chi connectivity index (χ4n) is 1.38. The van der Waals surface area contributed by atoms with Crippen molar-refractivity contribution in [2.75, 3.05) is 7.11 Å². The van der Waals surface area contributed by atoms with Gasteiger partial charge in [-0.2, -0.15) is 13.2 Å². The van der Waals surface area contributed by atoms with Crippen molar-refractivity contribution in [1.82, 2.24) is 0 Å².